The Morgan fingerprint density at radius 1 is 1.12 bits per heavy atom. The quantitative estimate of drug-likeness (QED) is 0.803. The molecule has 0 heterocycles. The lowest BCUT2D eigenvalue weighted by atomic mass is 10.2. The van der Waals surface area contributed by atoms with E-state index in [0.29, 0.717) is 27.2 Å². The summed E-state index contributed by atoms with van der Waals surface area (Å²) in [6.07, 6.45) is 0. The number of hydrogen-bond acceptors (Lipinski definition) is 2. The van der Waals surface area contributed by atoms with Crippen LogP contribution < -0.4 is 10.5 Å². The fraction of sp³-hybridized carbons (Fsp3) is 0.0769. The Labute approximate surface area is 110 Å². The number of para-hydroxylation sites is 1. The van der Waals surface area contributed by atoms with Crippen molar-refractivity contribution < 1.29 is 4.74 Å². The number of rotatable bonds is 2. The minimum Gasteiger partial charge on any atom is -0.453 e. The molecule has 88 valence electrons. The molecule has 2 N–H and O–H groups in total. The van der Waals surface area contributed by atoms with Gasteiger partial charge in [-0.05, 0) is 42.8 Å². The minimum atomic E-state index is 0.472. The molecule has 17 heavy (non-hydrogen) atoms. The zero-order chi connectivity index (χ0) is 12.4. The molecular formula is C13H11Cl2NO. The summed E-state index contributed by atoms with van der Waals surface area (Å²) >= 11 is 11.9. The third-order valence-electron chi connectivity index (χ3n) is 2.35. The predicted octanol–water partition coefficient (Wildman–Crippen LogP) is 4.68. The molecule has 0 fully saturated rings. The first-order chi connectivity index (χ1) is 8.08. The van der Waals surface area contributed by atoms with Crippen LogP contribution in [0.5, 0.6) is 11.5 Å². The Morgan fingerprint density at radius 2 is 1.88 bits per heavy atom. The number of nitrogens with two attached hydrogens (primary N) is 1. The average molecular weight is 268 g/mol. The van der Waals surface area contributed by atoms with Crippen molar-refractivity contribution in [1.29, 1.82) is 0 Å². The standard InChI is InChI=1S/C13H11Cl2NO/c1-8-7-9(14)5-6-12(8)17-13-10(15)3-2-4-11(13)16/h2-7H,16H2,1H3. The summed E-state index contributed by atoms with van der Waals surface area (Å²) in [5.41, 5.74) is 7.25. The van der Waals surface area contributed by atoms with E-state index in [1.54, 1.807) is 30.3 Å². The molecule has 0 aliphatic heterocycles. The summed E-state index contributed by atoms with van der Waals surface area (Å²) in [5, 5.41) is 1.15. The lowest BCUT2D eigenvalue weighted by Gasteiger charge is -2.12. The zero-order valence-electron chi connectivity index (χ0n) is 9.21. The maximum atomic E-state index is 6.03. The average Bonchev–Trinajstić information content (AvgIpc) is 2.26. The van der Waals surface area contributed by atoms with Crippen molar-refractivity contribution in [3.63, 3.8) is 0 Å². The van der Waals surface area contributed by atoms with Crippen LogP contribution in [0.1, 0.15) is 5.56 Å². The van der Waals surface area contributed by atoms with Gasteiger partial charge in [-0.25, -0.2) is 0 Å². The fourth-order valence-corrected chi connectivity index (χ4v) is 1.92. The van der Waals surface area contributed by atoms with Gasteiger partial charge in [-0.2, -0.15) is 0 Å². The van der Waals surface area contributed by atoms with E-state index in [4.69, 9.17) is 33.7 Å². The van der Waals surface area contributed by atoms with E-state index in [0.717, 1.165) is 5.56 Å². The third kappa shape index (κ3) is 2.65. The van der Waals surface area contributed by atoms with Crippen LogP contribution in [0.15, 0.2) is 36.4 Å². The number of halogens is 2. The van der Waals surface area contributed by atoms with Gasteiger partial charge in [-0.3, -0.25) is 0 Å². The second kappa shape index (κ2) is 4.86. The monoisotopic (exact) mass is 267 g/mol. The van der Waals surface area contributed by atoms with E-state index in [9.17, 15) is 0 Å². The van der Waals surface area contributed by atoms with Crippen LogP contribution in [0.4, 0.5) is 5.69 Å². The van der Waals surface area contributed by atoms with Crippen molar-refractivity contribution in [2.45, 2.75) is 6.92 Å². The lowest BCUT2D eigenvalue weighted by Crippen LogP contribution is -1.94. The summed E-state index contributed by atoms with van der Waals surface area (Å²) in [7, 11) is 0. The van der Waals surface area contributed by atoms with Crippen molar-refractivity contribution in [3.05, 3.63) is 52.0 Å². The molecule has 0 radical (unpaired) electrons. The van der Waals surface area contributed by atoms with Crippen molar-refractivity contribution in [1.82, 2.24) is 0 Å². The SMILES string of the molecule is Cc1cc(Cl)ccc1Oc1c(N)cccc1Cl. The highest BCUT2D eigenvalue weighted by Crippen LogP contribution is 2.36. The Kier molecular flexibility index (Phi) is 3.46. The van der Waals surface area contributed by atoms with Gasteiger partial charge >= 0.3 is 0 Å². The Balaban J connectivity index is 2.38. The lowest BCUT2D eigenvalue weighted by molar-refractivity contribution is 0.481. The summed E-state index contributed by atoms with van der Waals surface area (Å²) in [6, 6.07) is 10.6. The molecule has 0 atom stereocenters. The highest BCUT2D eigenvalue weighted by molar-refractivity contribution is 6.32. The zero-order valence-corrected chi connectivity index (χ0v) is 10.7. The number of anilines is 1. The van der Waals surface area contributed by atoms with E-state index in [2.05, 4.69) is 0 Å². The summed E-state index contributed by atoms with van der Waals surface area (Å²) < 4.78 is 5.71. The molecule has 0 bridgehead atoms. The van der Waals surface area contributed by atoms with Gasteiger partial charge in [0.15, 0.2) is 5.75 Å². The normalized spacial score (nSPS) is 10.3. The minimum absolute atomic E-state index is 0.472. The first-order valence-electron chi connectivity index (χ1n) is 5.06. The van der Waals surface area contributed by atoms with Crippen LogP contribution in [0.25, 0.3) is 0 Å². The second-order valence-corrected chi connectivity index (χ2v) is 4.51. The maximum Gasteiger partial charge on any atom is 0.168 e. The maximum absolute atomic E-state index is 6.03. The molecule has 2 aromatic carbocycles. The summed E-state index contributed by atoms with van der Waals surface area (Å²) in [6.45, 7) is 1.91. The molecule has 4 heteroatoms. The van der Waals surface area contributed by atoms with E-state index in [1.807, 2.05) is 13.0 Å². The molecular weight excluding hydrogens is 257 g/mol. The molecule has 2 aromatic rings. The largest absolute Gasteiger partial charge is 0.453 e. The van der Waals surface area contributed by atoms with Gasteiger partial charge in [-0.1, -0.05) is 29.3 Å². The van der Waals surface area contributed by atoms with Crippen LogP contribution in [-0.2, 0) is 0 Å². The first kappa shape index (κ1) is 12.1. The second-order valence-electron chi connectivity index (χ2n) is 3.67. The highest BCUT2D eigenvalue weighted by atomic mass is 35.5. The van der Waals surface area contributed by atoms with Gasteiger partial charge in [0.25, 0.3) is 0 Å². The molecule has 0 aromatic heterocycles. The van der Waals surface area contributed by atoms with Crippen LogP contribution >= 0.6 is 23.2 Å². The van der Waals surface area contributed by atoms with E-state index in [-0.39, 0.29) is 0 Å². The first-order valence-corrected chi connectivity index (χ1v) is 5.81. The van der Waals surface area contributed by atoms with Crippen LogP contribution in [0.2, 0.25) is 10.0 Å². The van der Waals surface area contributed by atoms with Crippen LogP contribution in [-0.4, -0.2) is 0 Å². The molecule has 0 aliphatic rings. The van der Waals surface area contributed by atoms with E-state index < -0.39 is 0 Å². The molecule has 0 unspecified atom stereocenters. The number of nitrogen functional groups attached to an aromatic ring is 1. The summed E-state index contributed by atoms with van der Waals surface area (Å²) in [4.78, 5) is 0. The topological polar surface area (TPSA) is 35.2 Å². The van der Waals surface area contributed by atoms with Crippen molar-refractivity contribution >= 4 is 28.9 Å². The van der Waals surface area contributed by atoms with Gasteiger partial charge in [-0.15, -0.1) is 0 Å². The molecule has 0 saturated heterocycles. The number of benzene rings is 2. The van der Waals surface area contributed by atoms with Crippen molar-refractivity contribution in [3.8, 4) is 11.5 Å². The van der Waals surface area contributed by atoms with Gasteiger partial charge in [0, 0.05) is 5.02 Å². The fourth-order valence-electron chi connectivity index (χ4n) is 1.47. The number of aryl methyl sites for hydroxylation is 1. The molecule has 0 saturated carbocycles. The Hall–Kier alpha value is -1.38. The molecule has 0 amide bonds. The highest BCUT2D eigenvalue weighted by Gasteiger charge is 2.08. The van der Waals surface area contributed by atoms with Gasteiger partial charge in [0.1, 0.15) is 5.75 Å². The van der Waals surface area contributed by atoms with E-state index in [1.165, 1.54) is 0 Å². The van der Waals surface area contributed by atoms with Gasteiger partial charge < -0.3 is 10.5 Å². The number of ether oxygens (including phenoxy) is 1. The van der Waals surface area contributed by atoms with Gasteiger partial charge in [0.05, 0.1) is 10.7 Å². The van der Waals surface area contributed by atoms with E-state index >= 15 is 0 Å². The Morgan fingerprint density at radius 3 is 2.53 bits per heavy atom. The van der Waals surface area contributed by atoms with Crippen molar-refractivity contribution in [2.75, 3.05) is 5.73 Å². The molecule has 2 nitrogen and oxygen atoms in total. The molecule has 0 aliphatic carbocycles. The van der Waals surface area contributed by atoms with Crippen molar-refractivity contribution in [2.24, 2.45) is 0 Å². The molecule has 0 spiro atoms. The Bertz CT molecular complexity index is 535. The smallest absolute Gasteiger partial charge is 0.168 e. The van der Waals surface area contributed by atoms with Crippen LogP contribution in [0.3, 0.4) is 0 Å². The molecule has 2 rings (SSSR count). The third-order valence-corrected chi connectivity index (χ3v) is 2.88. The van der Waals surface area contributed by atoms with Crippen LogP contribution in [0, 0.1) is 6.92 Å². The summed E-state index contributed by atoms with van der Waals surface area (Å²) in [5.74, 6) is 1.16. The predicted molar refractivity (Wildman–Crippen MR) is 72.1 cm³/mol. The van der Waals surface area contributed by atoms with Gasteiger partial charge in [0.2, 0.25) is 0 Å². The number of hydrogen-bond donors (Lipinski definition) is 1.